The predicted molar refractivity (Wildman–Crippen MR) is 113 cm³/mol. The van der Waals surface area contributed by atoms with Gasteiger partial charge in [0.05, 0.1) is 24.9 Å². The van der Waals surface area contributed by atoms with E-state index in [1.54, 1.807) is 7.11 Å². The van der Waals surface area contributed by atoms with Gasteiger partial charge in [-0.1, -0.05) is 6.07 Å². The number of fused-ring (bicyclic) bond motifs is 1. The number of carbonyl (C=O) groups excluding carboxylic acids is 2. The Morgan fingerprint density at radius 3 is 2.81 bits per heavy atom. The summed E-state index contributed by atoms with van der Waals surface area (Å²) in [5.74, 6) is 0.817. The van der Waals surface area contributed by atoms with Crippen LogP contribution in [-0.2, 0) is 10.2 Å². The van der Waals surface area contributed by atoms with Crippen molar-refractivity contribution >= 4 is 11.9 Å². The monoisotopic (exact) mass is 429 g/mol. The molecule has 2 bridgehead atoms. The number of hydrogen-bond acceptors (Lipinski definition) is 6. The molecule has 1 saturated carbocycles. The Bertz CT molecular complexity index is 903. The number of benzene rings is 1. The maximum absolute atomic E-state index is 12.9. The van der Waals surface area contributed by atoms with Crippen molar-refractivity contribution in [3.8, 4) is 5.75 Å². The highest BCUT2D eigenvalue weighted by Gasteiger charge is 2.65. The van der Waals surface area contributed by atoms with E-state index in [1.165, 1.54) is 12.8 Å². The van der Waals surface area contributed by atoms with Crippen molar-refractivity contribution in [2.75, 3.05) is 26.7 Å². The van der Waals surface area contributed by atoms with Gasteiger partial charge in [-0.2, -0.15) is 0 Å². The van der Waals surface area contributed by atoms with Crippen LogP contribution in [0.2, 0.25) is 0 Å². The average molecular weight is 430 g/mol. The molecule has 2 saturated heterocycles. The number of methoxy groups -OCH3 is 1. The minimum Gasteiger partial charge on any atom is -0.497 e. The molecule has 2 heterocycles. The first kappa shape index (κ1) is 20.7. The van der Waals surface area contributed by atoms with E-state index in [0.29, 0.717) is 44.0 Å². The molecular formula is C23H31N3O5. The standard InChI is InChI=1S/C23H31N3O5/c1-31-15-5-6-16-17(11-15)22-8-10-26(13-14-3-4-14)20(19(16)28)23(22,30)7-2-9-24-21(29)25-18(27)12-22/h5-6,11,14,19-20,28,30H,2-4,7-10,12-13H2,1H3,(H2,24,25,27,29)/t19-,20-,22-,23-/m0/s1. The van der Waals surface area contributed by atoms with E-state index in [0.717, 1.165) is 17.7 Å². The number of carbonyl (C=O) groups is 2. The zero-order valence-corrected chi connectivity index (χ0v) is 17.9. The molecule has 4 N–H and O–H groups in total. The van der Waals surface area contributed by atoms with Gasteiger partial charge in [0, 0.05) is 24.9 Å². The zero-order chi connectivity index (χ0) is 21.8. The van der Waals surface area contributed by atoms with Gasteiger partial charge in [0.1, 0.15) is 5.75 Å². The van der Waals surface area contributed by atoms with Crippen LogP contribution in [0, 0.1) is 5.92 Å². The van der Waals surface area contributed by atoms with Gasteiger partial charge in [-0.3, -0.25) is 15.0 Å². The molecule has 0 radical (unpaired) electrons. The molecule has 0 aromatic heterocycles. The molecule has 2 aliphatic heterocycles. The Balaban J connectivity index is 1.68. The number of nitrogens with zero attached hydrogens (tertiary/aromatic N) is 1. The Morgan fingerprint density at radius 2 is 2.06 bits per heavy atom. The molecule has 31 heavy (non-hydrogen) atoms. The fourth-order valence-electron chi connectivity index (χ4n) is 6.22. The maximum atomic E-state index is 12.9. The van der Waals surface area contributed by atoms with Gasteiger partial charge in [-0.05, 0) is 67.8 Å². The van der Waals surface area contributed by atoms with E-state index in [9.17, 15) is 19.8 Å². The lowest BCUT2D eigenvalue weighted by Gasteiger charge is -2.63. The second-order valence-electron chi connectivity index (χ2n) is 9.62. The molecule has 5 rings (SSSR count). The molecule has 0 spiro atoms. The third-order valence-electron chi connectivity index (χ3n) is 7.86. The molecule has 2 aliphatic carbocycles. The van der Waals surface area contributed by atoms with Crippen molar-refractivity contribution < 1.29 is 24.5 Å². The van der Waals surface area contributed by atoms with Gasteiger partial charge in [0.25, 0.3) is 0 Å². The number of imide groups is 1. The number of urea groups is 1. The molecular weight excluding hydrogens is 398 g/mol. The fourth-order valence-corrected chi connectivity index (χ4v) is 6.22. The van der Waals surface area contributed by atoms with Crippen LogP contribution in [0.5, 0.6) is 5.75 Å². The molecule has 4 aliphatic rings. The number of aliphatic hydroxyl groups is 2. The van der Waals surface area contributed by atoms with Gasteiger partial charge < -0.3 is 20.3 Å². The molecule has 8 heteroatoms. The molecule has 3 fully saturated rings. The second kappa shape index (κ2) is 7.46. The van der Waals surface area contributed by atoms with Crippen LogP contribution < -0.4 is 15.4 Å². The summed E-state index contributed by atoms with van der Waals surface area (Å²) in [6, 6.07) is 4.53. The van der Waals surface area contributed by atoms with E-state index < -0.39 is 35.1 Å². The largest absolute Gasteiger partial charge is 0.497 e. The number of likely N-dealkylation sites (tertiary alicyclic amines) is 1. The van der Waals surface area contributed by atoms with Crippen molar-refractivity contribution in [2.45, 2.75) is 61.7 Å². The van der Waals surface area contributed by atoms with E-state index in [4.69, 9.17) is 4.74 Å². The molecule has 0 unspecified atom stereocenters. The van der Waals surface area contributed by atoms with Gasteiger partial charge in [0.15, 0.2) is 0 Å². The van der Waals surface area contributed by atoms with Gasteiger partial charge >= 0.3 is 6.03 Å². The number of hydrogen-bond donors (Lipinski definition) is 4. The molecule has 1 aromatic carbocycles. The van der Waals surface area contributed by atoms with E-state index >= 15 is 0 Å². The summed E-state index contributed by atoms with van der Waals surface area (Å²) < 4.78 is 5.45. The van der Waals surface area contributed by atoms with E-state index in [1.807, 2.05) is 18.2 Å². The van der Waals surface area contributed by atoms with E-state index in [-0.39, 0.29) is 6.42 Å². The molecule has 1 aromatic rings. The lowest BCUT2D eigenvalue weighted by Crippen LogP contribution is -2.73. The van der Waals surface area contributed by atoms with Gasteiger partial charge in [0.2, 0.25) is 5.91 Å². The average Bonchev–Trinajstić information content (AvgIpc) is 3.55. The van der Waals surface area contributed by atoms with Crippen LogP contribution in [0.4, 0.5) is 4.79 Å². The quantitative estimate of drug-likeness (QED) is 0.575. The Labute approximate surface area is 181 Å². The van der Waals surface area contributed by atoms with Crippen molar-refractivity contribution in [3.63, 3.8) is 0 Å². The highest BCUT2D eigenvalue weighted by molar-refractivity contribution is 5.95. The number of ether oxygens (including phenoxy) is 1. The summed E-state index contributed by atoms with van der Waals surface area (Å²) in [6.07, 6.45) is 3.01. The first-order valence-electron chi connectivity index (χ1n) is 11.3. The van der Waals surface area contributed by atoms with Gasteiger partial charge in [-0.25, -0.2) is 4.79 Å². The number of piperidine rings is 1. The smallest absolute Gasteiger partial charge is 0.321 e. The van der Waals surface area contributed by atoms with Crippen LogP contribution in [0.3, 0.4) is 0 Å². The molecule has 8 nitrogen and oxygen atoms in total. The van der Waals surface area contributed by atoms with Crippen LogP contribution in [-0.4, -0.2) is 65.4 Å². The second-order valence-corrected chi connectivity index (χ2v) is 9.62. The number of aliphatic hydroxyl groups excluding tert-OH is 1. The SMILES string of the molecule is COc1ccc2c(c1)[C@@]13CCN(CC4CC4)[C@@H]([C@H]2O)[C@@]1(O)CCCNC(=O)NC(=O)C3. The fraction of sp³-hybridized carbons (Fsp3) is 0.652. The van der Waals surface area contributed by atoms with Crippen LogP contribution >= 0.6 is 0 Å². The molecule has 168 valence electrons. The van der Waals surface area contributed by atoms with Crippen molar-refractivity contribution in [1.82, 2.24) is 15.5 Å². The first-order valence-corrected chi connectivity index (χ1v) is 11.3. The van der Waals surface area contributed by atoms with E-state index in [2.05, 4.69) is 15.5 Å². The predicted octanol–water partition coefficient (Wildman–Crippen LogP) is 1.21. The number of nitrogens with one attached hydrogen (secondary N) is 2. The summed E-state index contributed by atoms with van der Waals surface area (Å²) in [6.45, 7) is 1.90. The van der Waals surface area contributed by atoms with Crippen molar-refractivity contribution in [3.05, 3.63) is 29.3 Å². The first-order chi connectivity index (χ1) is 14.9. The highest BCUT2D eigenvalue weighted by atomic mass is 16.5. The lowest BCUT2D eigenvalue weighted by atomic mass is 9.51. The topological polar surface area (TPSA) is 111 Å². The zero-order valence-electron chi connectivity index (χ0n) is 17.9. The van der Waals surface area contributed by atoms with Crippen LogP contribution in [0.25, 0.3) is 0 Å². The minimum atomic E-state index is -1.31. The van der Waals surface area contributed by atoms with Crippen molar-refractivity contribution in [2.24, 2.45) is 5.92 Å². The molecule has 3 amide bonds. The summed E-state index contributed by atoms with van der Waals surface area (Å²) in [7, 11) is 1.58. The maximum Gasteiger partial charge on any atom is 0.321 e. The summed E-state index contributed by atoms with van der Waals surface area (Å²) in [4.78, 5) is 27.2. The van der Waals surface area contributed by atoms with Crippen LogP contribution in [0.1, 0.15) is 55.8 Å². The summed E-state index contributed by atoms with van der Waals surface area (Å²) >= 11 is 0. The number of amides is 3. The Kier molecular flexibility index (Phi) is 4.99. The highest BCUT2D eigenvalue weighted by Crippen LogP contribution is 2.59. The summed E-state index contributed by atoms with van der Waals surface area (Å²) in [5.41, 5.74) is -0.702. The van der Waals surface area contributed by atoms with Crippen molar-refractivity contribution in [1.29, 1.82) is 0 Å². The molecule has 4 atom stereocenters. The third-order valence-corrected chi connectivity index (χ3v) is 7.86. The normalized spacial score (nSPS) is 36.0. The van der Waals surface area contributed by atoms with Gasteiger partial charge in [-0.15, -0.1) is 0 Å². The third kappa shape index (κ3) is 3.23. The van der Waals surface area contributed by atoms with Crippen LogP contribution in [0.15, 0.2) is 18.2 Å². The number of rotatable bonds is 3. The Hall–Kier alpha value is -2.16. The summed E-state index contributed by atoms with van der Waals surface area (Å²) in [5, 5.41) is 29.0. The Morgan fingerprint density at radius 1 is 1.26 bits per heavy atom. The minimum absolute atomic E-state index is 0.0163. The lowest BCUT2D eigenvalue weighted by molar-refractivity contribution is -0.190.